The van der Waals surface area contributed by atoms with E-state index in [0.29, 0.717) is 11.4 Å². The van der Waals surface area contributed by atoms with Crippen molar-refractivity contribution in [2.45, 2.75) is 26.3 Å². The molecule has 4 rings (SSSR count). The monoisotopic (exact) mass is 329 g/mol. The number of benzene rings is 2. The van der Waals surface area contributed by atoms with Gasteiger partial charge in [-0.2, -0.15) is 0 Å². The Balaban J connectivity index is 1.67. The van der Waals surface area contributed by atoms with Crippen LogP contribution < -0.4 is 5.32 Å². The number of nitrogens with zero attached hydrogens (tertiary/aromatic N) is 1. The van der Waals surface area contributed by atoms with Gasteiger partial charge in [-0.15, -0.1) is 0 Å². The first kappa shape index (κ1) is 15.5. The Labute approximate surface area is 146 Å². The van der Waals surface area contributed by atoms with Gasteiger partial charge in [-0.25, -0.2) is 4.85 Å². The van der Waals surface area contributed by atoms with E-state index in [-0.39, 0.29) is 17.4 Å². The molecule has 1 aromatic heterocycles. The second-order valence-electron chi connectivity index (χ2n) is 7.34. The molecule has 1 aliphatic rings. The highest BCUT2D eigenvalue weighted by atomic mass is 16.2. The Morgan fingerprint density at radius 1 is 1.24 bits per heavy atom. The summed E-state index contributed by atoms with van der Waals surface area (Å²) in [6, 6.07) is 15.4. The summed E-state index contributed by atoms with van der Waals surface area (Å²) in [6.07, 6.45) is 0.887. The number of aromatic nitrogens is 1. The zero-order valence-electron chi connectivity index (χ0n) is 14.3. The van der Waals surface area contributed by atoms with Gasteiger partial charge in [-0.1, -0.05) is 50.2 Å². The van der Waals surface area contributed by atoms with E-state index in [4.69, 9.17) is 6.57 Å². The van der Waals surface area contributed by atoms with Gasteiger partial charge in [-0.05, 0) is 35.1 Å². The number of rotatable bonds is 2. The minimum absolute atomic E-state index is 0.0926. The number of H-pyrrole nitrogens is 1. The largest absolute Gasteiger partial charge is 0.351 e. The van der Waals surface area contributed by atoms with Crippen molar-refractivity contribution < 1.29 is 4.79 Å². The molecule has 124 valence electrons. The van der Waals surface area contributed by atoms with Crippen molar-refractivity contribution >= 4 is 22.5 Å². The van der Waals surface area contributed by atoms with E-state index in [9.17, 15) is 4.79 Å². The molecule has 0 radical (unpaired) electrons. The summed E-state index contributed by atoms with van der Waals surface area (Å²) in [5.41, 5.74) is 4.30. The van der Waals surface area contributed by atoms with Crippen LogP contribution in [0.25, 0.3) is 15.7 Å². The second-order valence-corrected chi connectivity index (χ2v) is 7.34. The molecule has 25 heavy (non-hydrogen) atoms. The average Bonchev–Trinajstić information content (AvgIpc) is 3.13. The Morgan fingerprint density at radius 3 is 2.80 bits per heavy atom. The third kappa shape index (κ3) is 2.58. The standard InChI is InChI=1S/C21H19N3O/c1-21(2)12-14-8-9-15(22-3)11-16(14)19(21)24-20(25)18-10-13-6-4-5-7-17(13)23-18/h4-11,19,23H,12H2,1-2H3,(H,24,25)/t19-/m0/s1. The molecular formula is C21H19N3O. The summed E-state index contributed by atoms with van der Waals surface area (Å²) in [4.78, 5) is 19.5. The molecule has 3 aromatic rings. The summed E-state index contributed by atoms with van der Waals surface area (Å²) in [7, 11) is 0. The number of carbonyl (C=O) groups is 1. The van der Waals surface area contributed by atoms with E-state index in [2.05, 4.69) is 29.0 Å². The Kier molecular flexibility index (Phi) is 3.40. The van der Waals surface area contributed by atoms with Crippen LogP contribution in [0.15, 0.2) is 48.5 Å². The first-order valence-electron chi connectivity index (χ1n) is 8.37. The Hall–Kier alpha value is -3.06. The van der Waals surface area contributed by atoms with Crippen LogP contribution in [0.4, 0.5) is 5.69 Å². The molecule has 1 heterocycles. The maximum Gasteiger partial charge on any atom is 0.268 e. The van der Waals surface area contributed by atoms with Gasteiger partial charge < -0.3 is 10.3 Å². The van der Waals surface area contributed by atoms with E-state index < -0.39 is 0 Å². The van der Waals surface area contributed by atoms with Crippen molar-refractivity contribution in [2.24, 2.45) is 5.41 Å². The number of para-hydroxylation sites is 1. The highest BCUT2D eigenvalue weighted by molar-refractivity contribution is 5.98. The first-order valence-corrected chi connectivity index (χ1v) is 8.37. The summed E-state index contributed by atoms with van der Waals surface area (Å²) in [6.45, 7) is 11.5. The van der Waals surface area contributed by atoms with Gasteiger partial charge >= 0.3 is 0 Å². The number of nitrogens with one attached hydrogen (secondary N) is 2. The van der Waals surface area contributed by atoms with Crippen LogP contribution in [0.3, 0.4) is 0 Å². The topological polar surface area (TPSA) is 49.2 Å². The summed E-state index contributed by atoms with van der Waals surface area (Å²) in [5, 5.41) is 4.20. The number of hydrogen-bond donors (Lipinski definition) is 2. The third-order valence-corrected chi connectivity index (χ3v) is 5.05. The molecule has 4 heteroatoms. The van der Waals surface area contributed by atoms with Crippen molar-refractivity contribution in [2.75, 3.05) is 0 Å². The van der Waals surface area contributed by atoms with Gasteiger partial charge in [0.15, 0.2) is 5.69 Å². The molecule has 0 saturated carbocycles. The molecule has 2 N–H and O–H groups in total. The molecule has 0 spiro atoms. The lowest BCUT2D eigenvalue weighted by Gasteiger charge is -2.28. The molecule has 2 aromatic carbocycles. The average molecular weight is 329 g/mol. The van der Waals surface area contributed by atoms with Crippen molar-refractivity contribution in [1.82, 2.24) is 10.3 Å². The minimum atomic E-state index is -0.115. The second kappa shape index (κ2) is 5.49. The molecule has 4 nitrogen and oxygen atoms in total. The minimum Gasteiger partial charge on any atom is -0.351 e. The normalized spacial score (nSPS) is 17.9. The van der Waals surface area contributed by atoms with Crippen LogP contribution in [0.5, 0.6) is 0 Å². The van der Waals surface area contributed by atoms with Gasteiger partial charge in [0, 0.05) is 10.9 Å². The highest BCUT2D eigenvalue weighted by Crippen LogP contribution is 2.46. The predicted octanol–water partition coefficient (Wildman–Crippen LogP) is 4.77. The van der Waals surface area contributed by atoms with E-state index in [1.54, 1.807) is 0 Å². The molecule has 1 aliphatic carbocycles. The van der Waals surface area contributed by atoms with Gasteiger partial charge in [0.1, 0.15) is 5.69 Å². The zero-order valence-corrected chi connectivity index (χ0v) is 14.3. The predicted molar refractivity (Wildman–Crippen MR) is 98.7 cm³/mol. The van der Waals surface area contributed by atoms with Crippen LogP contribution in [-0.4, -0.2) is 10.9 Å². The number of carbonyl (C=O) groups excluding carboxylic acids is 1. The van der Waals surface area contributed by atoms with Gasteiger partial charge in [0.05, 0.1) is 12.6 Å². The zero-order chi connectivity index (χ0) is 17.6. The van der Waals surface area contributed by atoms with Crippen LogP contribution >= 0.6 is 0 Å². The van der Waals surface area contributed by atoms with Crippen LogP contribution in [-0.2, 0) is 6.42 Å². The fourth-order valence-corrected chi connectivity index (χ4v) is 3.77. The third-order valence-electron chi connectivity index (χ3n) is 5.05. The maximum absolute atomic E-state index is 12.8. The Morgan fingerprint density at radius 2 is 2.04 bits per heavy atom. The van der Waals surface area contributed by atoms with E-state index in [0.717, 1.165) is 22.9 Å². The highest BCUT2D eigenvalue weighted by Gasteiger charge is 2.40. The smallest absolute Gasteiger partial charge is 0.268 e. The molecule has 0 fully saturated rings. The lowest BCUT2D eigenvalue weighted by molar-refractivity contribution is 0.0899. The van der Waals surface area contributed by atoms with Crippen LogP contribution in [0, 0.1) is 12.0 Å². The van der Waals surface area contributed by atoms with Crippen LogP contribution in [0.2, 0.25) is 0 Å². The van der Waals surface area contributed by atoms with Crippen LogP contribution in [0.1, 0.15) is 41.5 Å². The number of fused-ring (bicyclic) bond motifs is 2. The lowest BCUT2D eigenvalue weighted by atomic mass is 9.85. The van der Waals surface area contributed by atoms with Gasteiger partial charge in [0.2, 0.25) is 0 Å². The number of amides is 1. The summed E-state index contributed by atoms with van der Waals surface area (Å²) >= 11 is 0. The summed E-state index contributed by atoms with van der Waals surface area (Å²) in [5.74, 6) is -0.115. The molecule has 0 saturated heterocycles. The van der Waals surface area contributed by atoms with Gasteiger partial charge in [0.25, 0.3) is 5.91 Å². The van der Waals surface area contributed by atoms with E-state index in [1.807, 2.05) is 48.5 Å². The number of hydrogen-bond acceptors (Lipinski definition) is 1. The SMILES string of the molecule is [C-]#[N+]c1ccc2c(c1)[C@H](NC(=O)c1cc3ccccc3[nH]1)C(C)(C)C2. The van der Waals surface area contributed by atoms with Crippen molar-refractivity contribution in [3.8, 4) is 0 Å². The first-order chi connectivity index (χ1) is 12.0. The van der Waals surface area contributed by atoms with Crippen molar-refractivity contribution in [3.63, 3.8) is 0 Å². The molecular weight excluding hydrogens is 310 g/mol. The molecule has 0 bridgehead atoms. The molecule has 1 atom stereocenters. The fourth-order valence-electron chi connectivity index (χ4n) is 3.77. The lowest BCUT2D eigenvalue weighted by Crippen LogP contribution is -2.35. The van der Waals surface area contributed by atoms with Crippen molar-refractivity contribution in [3.05, 3.63) is 76.8 Å². The maximum atomic E-state index is 12.8. The fraction of sp³-hybridized carbons (Fsp3) is 0.238. The molecule has 1 amide bonds. The van der Waals surface area contributed by atoms with Gasteiger partial charge in [-0.3, -0.25) is 4.79 Å². The van der Waals surface area contributed by atoms with Crippen molar-refractivity contribution in [1.29, 1.82) is 0 Å². The molecule has 0 aliphatic heterocycles. The number of aromatic amines is 1. The summed E-state index contributed by atoms with van der Waals surface area (Å²) < 4.78 is 0. The quantitative estimate of drug-likeness (QED) is 0.654. The van der Waals surface area contributed by atoms with E-state index >= 15 is 0 Å². The molecule has 0 unspecified atom stereocenters. The Bertz CT molecular complexity index is 990. The van der Waals surface area contributed by atoms with E-state index in [1.165, 1.54) is 5.56 Å².